The van der Waals surface area contributed by atoms with Crippen LogP contribution in [-0.4, -0.2) is 29.8 Å². The average Bonchev–Trinajstić information content (AvgIpc) is 3.21. The van der Waals surface area contributed by atoms with Crippen molar-refractivity contribution in [3.05, 3.63) is 69.9 Å². The fourth-order valence-electron chi connectivity index (χ4n) is 4.40. The zero-order valence-electron chi connectivity index (χ0n) is 17.0. The Hall–Kier alpha value is -2.88. The van der Waals surface area contributed by atoms with Gasteiger partial charge in [-0.15, -0.1) is 0 Å². The summed E-state index contributed by atoms with van der Waals surface area (Å²) in [7, 11) is 0. The molecule has 0 bridgehead atoms. The Labute approximate surface area is 166 Å². The highest BCUT2D eigenvalue weighted by molar-refractivity contribution is 6.45. The summed E-state index contributed by atoms with van der Waals surface area (Å²) < 4.78 is 0. The maximum atomic E-state index is 13.6. The molecule has 0 saturated carbocycles. The minimum absolute atomic E-state index is 0.202. The molecule has 2 aromatic rings. The highest BCUT2D eigenvalue weighted by atomic mass is 16.2. The van der Waals surface area contributed by atoms with Gasteiger partial charge in [-0.3, -0.25) is 9.59 Å². The van der Waals surface area contributed by atoms with Crippen LogP contribution >= 0.6 is 0 Å². The molecule has 0 aliphatic carbocycles. The van der Waals surface area contributed by atoms with E-state index in [0.29, 0.717) is 17.0 Å². The van der Waals surface area contributed by atoms with Gasteiger partial charge in [-0.1, -0.05) is 29.8 Å². The fourth-order valence-corrected chi connectivity index (χ4v) is 4.40. The lowest BCUT2D eigenvalue weighted by Crippen LogP contribution is -2.34. The number of rotatable bonds is 3. The second kappa shape index (κ2) is 6.93. The summed E-state index contributed by atoms with van der Waals surface area (Å²) in [4.78, 5) is 30.5. The second-order valence-corrected chi connectivity index (χ2v) is 8.03. The molecule has 0 atom stereocenters. The number of nitrogens with zero attached hydrogens (tertiary/aromatic N) is 2. The molecule has 0 spiro atoms. The molecule has 2 amide bonds. The van der Waals surface area contributed by atoms with Crippen molar-refractivity contribution in [3.63, 3.8) is 0 Å². The van der Waals surface area contributed by atoms with Crippen molar-refractivity contribution < 1.29 is 9.59 Å². The topological polar surface area (TPSA) is 40.6 Å². The Bertz CT molecular complexity index is 993. The third kappa shape index (κ3) is 3.03. The van der Waals surface area contributed by atoms with E-state index < -0.39 is 0 Å². The molecule has 0 radical (unpaired) electrons. The lowest BCUT2D eigenvalue weighted by Gasteiger charge is -2.20. The van der Waals surface area contributed by atoms with Crippen molar-refractivity contribution in [3.8, 4) is 0 Å². The summed E-state index contributed by atoms with van der Waals surface area (Å²) in [5, 5.41) is 0. The van der Waals surface area contributed by atoms with Gasteiger partial charge >= 0.3 is 0 Å². The van der Waals surface area contributed by atoms with Crippen molar-refractivity contribution in [2.24, 2.45) is 0 Å². The third-order valence-electron chi connectivity index (χ3n) is 5.60. The molecule has 0 aromatic heterocycles. The summed E-state index contributed by atoms with van der Waals surface area (Å²) in [5.74, 6) is -0.421. The van der Waals surface area contributed by atoms with Gasteiger partial charge in [-0.05, 0) is 74.9 Å². The largest absolute Gasteiger partial charge is 0.366 e. The van der Waals surface area contributed by atoms with Crippen molar-refractivity contribution in [1.82, 2.24) is 4.90 Å². The molecule has 2 aliphatic rings. The maximum Gasteiger partial charge on any atom is 0.282 e. The molecular formula is C24H26N2O2. The van der Waals surface area contributed by atoms with Crippen molar-refractivity contribution >= 4 is 23.1 Å². The minimum Gasteiger partial charge on any atom is -0.366 e. The Kier molecular flexibility index (Phi) is 4.58. The van der Waals surface area contributed by atoms with Gasteiger partial charge in [0, 0.05) is 13.1 Å². The SMILES string of the molecule is Cc1cc(C)cc(N2C(=O)C(c3ccc(C)cc3C)=C(N3CCCC3)C2=O)c1. The van der Waals surface area contributed by atoms with Crippen molar-refractivity contribution in [1.29, 1.82) is 0 Å². The number of carbonyl (C=O) groups excluding carboxylic acids is 2. The van der Waals surface area contributed by atoms with E-state index in [1.807, 2.05) is 58.0 Å². The molecule has 4 heteroatoms. The summed E-state index contributed by atoms with van der Waals surface area (Å²) in [6.45, 7) is 9.67. The molecule has 4 nitrogen and oxygen atoms in total. The van der Waals surface area contributed by atoms with Crippen LogP contribution in [0.3, 0.4) is 0 Å². The number of hydrogen-bond acceptors (Lipinski definition) is 3. The van der Waals surface area contributed by atoms with Gasteiger partial charge in [-0.2, -0.15) is 0 Å². The lowest BCUT2D eigenvalue weighted by molar-refractivity contribution is -0.120. The molecule has 144 valence electrons. The summed E-state index contributed by atoms with van der Waals surface area (Å²) >= 11 is 0. The van der Waals surface area contributed by atoms with Gasteiger partial charge < -0.3 is 4.90 Å². The molecule has 1 fully saturated rings. The number of imide groups is 1. The van der Waals surface area contributed by atoms with Gasteiger partial charge in [0.25, 0.3) is 11.8 Å². The molecule has 28 heavy (non-hydrogen) atoms. The number of anilines is 1. The third-order valence-corrected chi connectivity index (χ3v) is 5.60. The van der Waals surface area contributed by atoms with E-state index in [-0.39, 0.29) is 11.8 Å². The van der Waals surface area contributed by atoms with E-state index in [9.17, 15) is 9.59 Å². The predicted molar refractivity (Wildman–Crippen MR) is 112 cm³/mol. The van der Waals surface area contributed by atoms with Crippen LogP contribution in [0.1, 0.15) is 40.7 Å². The van der Waals surface area contributed by atoms with E-state index >= 15 is 0 Å². The number of amides is 2. The smallest absolute Gasteiger partial charge is 0.282 e. The first-order valence-corrected chi connectivity index (χ1v) is 9.91. The molecule has 2 aromatic carbocycles. The molecule has 2 aliphatic heterocycles. The van der Waals surface area contributed by atoms with Crippen LogP contribution in [-0.2, 0) is 9.59 Å². The molecule has 2 heterocycles. The monoisotopic (exact) mass is 374 g/mol. The number of carbonyl (C=O) groups is 2. The highest BCUT2D eigenvalue weighted by Gasteiger charge is 2.43. The standard InChI is InChI=1S/C24H26N2O2/c1-15-7-8-20(18(4)12-15)21-22(25-9-5-6-10-25)24(28)26(23(21)27)19-13-16(2)11-17(3)14-19/h7-8,11-14H,5-6,9-10H2,1-4H3. The van der Waals surface area contributed by atoms with Crippen LogP contribution in [0.2, 0.25) is 0 Å². The normalized spacial score (nSPS) is 17.3. The van der Waals surface area contributed by atoms with Crippen LogP contribution < -0.4 is 4.90 Å². The number of hydrogen-bond donors (Lipinski definition) is 0. The fraction of sp³-hybridized carbons (Fsp3) is 0.333. The van der Waals surface area contributed by atoms with Gasteiger partial charge in [0.05, 0.1) is 11.3 Å². The van der Waals surface area contributed by atoms with Gasteiger partial charge in [0.1, 0.15) is 5.70 Å². The van der Waals surface area contributed by atoms with Crippen molar-refractivity contribution in [2.45, 2.75) is 40.5 Å². The maximum absolute atomic E-state index is 13.6. The molecular weight excluding hydrogens is 348 g/mol. The quantitative estimate of drug-likeness (QED) is 0.752. The Balaban J connectivity index is 1.88. The number of benzene rings is 2. The lowest BCUT2D eigenvalue weighted by atomic mass is 9.97. The summed E-state index contributed by atoms with van der Waals surface area (Å²) in [6, 6.07) is 11.9. The van der Waals surface area contributed by atoms with E-state index in [1.54, 1.807) is 0 Å². The first-order chi connectivity index (χ1) is 13.4. The van der Waals surface area contributed by atoms with Gasteiger partial charge in [0.15, 0.2) is 0 Å². The van der Waals surface area contributed by atoms with E-state index in [2.05, 4.69) is 11.0 Å². The molecule has 4 rings (SSSR count). The first-order valence-electron chi connectivity index (χ1n) is 9.91. The summed E-state index contributed by atoms with van der Waals surface area (Å²) in [6.07, 6.45) is 2.10. The van der Waals surface area contributed by atoms with Crippen LogP contribution in [0, 0.1) is 27.7 Å². The first kappa shape index (κ1) is 18.5. The second-order valence-electron chi connectivity index (χ2n) is 8.03. The van der Waals surface area contributed by atoms with E-state index in [0.717, 1.165) is 53.7 Å². The van der Waals surface area contributed by atoms with E-state index in [1.165, 1.54) is 4.90 Å². The minimum atomic E-state index is -0.219. The Morgan fingerprint density at radius 2 is 1.39 bits per heavy atom. The zero-order chi connectivity index (χ0) is 20.0. The van der Waals surface area contributed by atoms with Gasteiger partial charge in [0.2, 0.25) is 0 Å². The summed E-state index contributed by atoms with van der Waals surface area (Å²) in [5.41, 5.74) is 6.87. The van der Waals surface area contributed by atoms with Crippen LogP contribution in [0.4, 0.5) is 5.69 Å². The van der Waals surface area contributed by atoms with Crippen LogP contribution in [0.15, 0.2) is 42.1 Å². The molecule has 0 unspecified atom stereocenters. The molecule has 0 N–H and O–H groups in total. The zero-order valence-corrected chi connectivity index (χ0v) is 17.0. The number of likely N-dealkylation sites (tertiary alicyclic amines) is 1. The van der Waals surface area contributed by atoms with Crippen LogP contribution in [0.5, 0.6) is 0 Å². The highest BCUT2D eigenvalue weighted by Crippen LogP contribution is 2.37. The van der Waals surface area contributed by atoms with Gasteiger partial charge in [-0.25, -0.2) is 4.90 Å². The average molecular weight is 374 g/mol. The van der Waals surface area contributed by atoms with E-state index in [4.69, 9.17) is 0 Å². The predicted octanol–water partition coefficient (Wildman–Crippen LogP) is 4.30. The Morgan fingerprint density at radius 3 is 2.00 bits per heavy atom. The number of aryl methyl sites for hydroxylation is 4. The van der Waals surface area contributed by atoms with Crippen molar-refractivity contribution in [2.75, 3.05) is 18.0 Å². The Morgan fingerprint density at radius 1 is 0.750 bits per heavy atom. The molecule has 1 saturated heterocycles. The van der Waals surface area contributed by atoms with Crippen LogP contribution in [0.25, 0.3) is 5.57 Å².